The summed E-state index contributed by atoms with van der Waals surface area (Å²) in [6.07, 6.45) is 4.71. The van der Waals surface area contributed by atoms with Gasteiger partial charge in [-0.15, -0.1) is 0 Å². The topological polar surface area (TPSA) is 24.7 Å². The van der Waals surface area contributed by atoms with Gasteiger partial charge in [0, 0.05) is 12.8 Å². The molecule has 0 fully saturated rings. The van der Waals surface area contributed by atoms with Crippen LogP contribution in [0.15, 0.2) is 9.98 Å². The lowest BCUT2D eigenvalue weighted by Gasteiger charge is -1.95. The van der Waals surface area contributed by atoms with Crippen LogP contribution in [-0.4, -0.2) is 19.1 Å². The Bertz CT molecular complexity index is 116. The van der Waals surface area contributed by atoms with Crippen molar-refractivity contribution in [3.63, 3.8) is 0 Å². The van der Waals surface area contributed by atoms with Crippen LogP contribution in [0.1, 0.15) is 13.3 Å². The van der Waals surface area contributed by atoms with E-state index < -0.39 is 0 Å². The van der Waals surface area contributed by atoms with E-state index >= 15 is 0 Å². The maximum Gasteiger partial charge on any atom is 0.109 e. The Labute approximate surface area is 49.3 Å². The Morgan fingerprint density at radius 3 is 3.38 bits per heavy atom. The number of hydrogen-bond donors (Lipinski definition) is 0. The summed E-state index contributed by atoms with van der Waals surface area (Å²) in [6.45, 7) is 3.08. The molecule has 0 aromatic heterocycles. The fourth-order valence-electron chi connectivity index (χ4n) is 0.643. The van der Waals surface area contributed by atoms with E-state index in [0.717, 1.165) is 13.0 Å². The third kappa shape index (κ3) is 1.45. The van der Waals surface area contributed by atoms with Crippen molar-refractivity contribution in [2.45, 2.75) is 13.3 Å². The van der Waals surface area contributed by atoms with Gasteiger partial charge in [-0.2, -0.15) is 0 Å². The number of hydrogen-bond acceptors (Lipinski definition) is 2. The molecule has 0 spiro atoms. The van der Waals surface area contributed by atoms with Gasteiger partial charge >= 0.3 is 0 Å². The average Bonchev–Trinajstić information content (AvgIpc) is 1.94. The van der Waals surface area contributed by atoms with Crippen molar-refractivity contribution in [1.29, 1.82) is 0 Å². The van der Waals surface area contributed by atoms with Gasteiger partial charge in [-0.1, -0.05) is 6.92 Å². The van der Waals surface area contributed by atoms with Crippen LogP contribution in [0.3, 0.4) is 0 Å². The molecule has 8 heavy (non-hydrogen) atoms. The van der Waals surface area contributed by atoms with Crippen LogP contribution in [0, 0.1) is 5.92 Å². The largest absolute Gasteiger partial charge is 0.274 e. The molecule has 2 heteroatoms. The molecule has 0 radical (unpaired) electrons. The first kappa shape index (κ1) is 5.48. The Morgan fingerprint density at radius 1 is 1.62 bits per heavy atom. The van der Waals surface area contributed by atoms with Crippen molar-refractivity contribution >= 4 is 12.6 Å². The van der Waals surface area contributed by atoms with Gasteiger partial charge in [0.15, 0.2) is 0 Å². The third-order valence-corrected chi connectivity index (χ3v) is 1.20. The molecule has 1 unspecified atom stereocenters. The minimum atomic E-state index is 0.609. The maximum atomic E-state index is 4.00. The summed E-state index contributed by atoms with van der Waals surface area (Å²) < 4.78 is 0. The van der Waals surface area contributed by atoms with Crippen LogP contribution in [0.2, 0.25) is 0 Å². The van der Waals surface area contributed by atoms with Crippen LogP contribution >= 0.6 is 0 Å². The van der Waals surface area contributed by atoms with Crippen LogP contribution in [0.4, 0.5) is 0 Å². The first-order valence-corrected chi connectivity index (χ1v) is 2.91. The lowest BCUT2D eigenvalue weighted by molar-refractivity contribution is 0.713. The molecular formula is C6H10N2. The monoisotopic (exact) mass is 110 g/mol. The van der Waals surface area contributed by atoms with Gasteiger partial charge in [-0.3, -0.25) is 4.99 Å². The van der Waals surface area contributed by atoms with E-state index in [1.807, 2.05) is 6.21 Å². The zero-order chi connectivity index (χ0) is 5.82. The van der Waals surface area contributed by atoms with Crippen molar-refractivity contribution in [1.82, 2.24) is 0 Å². The fraction of sp³-hybridized carbons (Fsp3) is 0.667. The molecule has 1 rings (SSSR count). The van der Waals surface area contributed by atoms with Crippen molar-refractivity contribution < 1.29 is 0 Å². The van der Waals surface area contributed by atoms with E-state index in [2.05, 4.69) is 16.9 Å². The number of aliphatic imine (C=N–C) groups is 2. The minimum absolute atomic E-state index is 0.609. The molecule has 1 aliphatic rings. The predicted octanol–water partition coefficient (Wildman–Crippen LogP) is 1.13. The molecule has 1 heterocycles. The average molecular weight is 110 g/mol. The highest BCUT2D eigenvalue weighted by Crippen LogP contribution is 1.99. The Balaban J connectivity index is 2.46. The molecule has 1 aliphatic heterocycles. The van der Waals surface area contributed by atoms with Crippen molar-refractivity contribution in [2.24, 2.45) is 15.9 Å². The summed E-state index contributed by atoms with van der Waals surface area (Å²) in [4.78, 5) is 7.93. The van der Waals surface area contributed by atoms with E-state index in [9.17, 15) is 0 Å². The van der Waals surface area contributed by atoms with Crippen LogP contribution < -0.4 is 0 Å². The van der Waals surface area contributed by atoms with E-state index in [1.165, 1.54) is 0 Å². The van der Waals surface area contributed by atoms with Crippen molar-refractivity contribution in [2.75, 3.05) is 6.54 Å². The second-order valence-electron chi connectivity index (χ2n) is 2.09. The molecular weight excluding hydrogens is 100 g/mol. The van der Waals surface area contributed by atoms with Crippen molar-refractivity contribution in [3.05, 3.63) is 0 Å². The Kier molecular flexibility index (Phi) is 1.78. The Morgan fingerprint density at radius 2 is 2.50 bits per heavy atom. The molecule has 2 nitrogen and oxygen atoms in total. The van der Waals surface area contributed by atoms with E-state index in [0.29, 0.717) is 5.92 Å². The van der Waals surface area contributed by atoms with Gasteiger partial charge < -0.3 is 0 Å². The van der Waals surface area contributed by atoms with E-state index in [-0.39, 0.29) is 0 Å². The lowest BCUT2D eigenvalue weighted by atomic mass is 10.1. The second-order valence-corrected chi connectivity index (χ2v) is 2.09. The molecule has 0 saturated carbocycles. The SMILES string of the molecule is CC1C=NC=NCC1. The molecule has 1 atom stereocenters. The van der Waals surface area contributed by atoms with E-state index in [1.54, 1.807) is 6.34 Å². The van der Waals surface area contributed by atoms with Gasteiger partial charge in [0.1, 0.15) is 6.34 Å². The fourth-order valence-corrected chi connectivity index (χ4v) is 0.643. The highest BCUT2D eigenvalue weighted by atomic mass is 14.9. The number of rotatable bonds is 0. The molecule has 0 N–H and O–H groups in total. The maximum absolute atomic E-state index is 4.00. The smallest absolute Gasteiger partial charge is 0.109 e. The zero-order valence-corrected chi connectivity index (χ0v) is 5.04. The van der Waals surface area contributed by atoms with Crippen molar-refractivity contribution in [3.8, 4) is 0 Å². The molecule has 0 amide bonds. The summed E-state index contributed by atoms with van der Waals surface area (Å²) in [5, 5.41) is 0. The number of nitrogens with zero attached hydrogens (tertiary/aromatic N) is 2. The summed E-state index contributed by atoms with van der Waals surface area (Å²) in [7, 11) is 0. The second kappa shape index (κ2) is 2.60. The molecule has 0 saturated heterocycles. The first-order valence-electron chi connectivity index (χ1n) is 2.91. The molecule has 0 aromatic rings. The highest BCUT2D eigenvalue weighted by Gasteiger charge is 1.96. The quantitative estimate of drug-likeness (QED) is 0.446. The van der Waals surface area contributed by atoms with Crippen LogP contribution in [0.25, 0.3) is 0 Å². The summed E-state index contributed by atoms with van der Waals surface area (Å²) in [5.74, 6) is 0.609. The molecule has 44 valence electrons. The lowest BCUT2D eigenvalue weighted by Crippen LogP contribution is -1.94. The summed E-state index contributed by atoms with van der Waals surface area (Å²) in [5.41, 5.74) is 0. The van der Waals surface area contributed by atoms with Gasteiger partial charge in [-0.05, 0) is 12.3 Å². The molecule has 0 aromatic carbocycles. The van der Waals surface area contributed by atoms with Gasteiger partial charge in [0.25, 0.3) is 0 Å². The highest BCUT2D eigenvalue weighted by molar-refractivity contribution is 5.74. The predicted molar refractivity (Wildman–Crippen MR) is 35.6 cm³/mol. The molecule has 0 aliphatic carbocycles. The standard InChI is InChI=1S/C6H10N2/c1-6-2-3-7-5-8-4-6/h4-6H,2-3H2,1H3. The minimum Gasteiger partial charge on any atom is -0.274 e. The first-order chi connectivity index (χ1) is 3.89. The molecule has 0 bridgehead atoms. The Hall–Kier alpha value is -0.660. The normalized spacial score (nSPS) is 27.9. The van der Waals surface area contributed by atoms with Crippen LogP contribution in [-0.2, 0) is 0 Å². The van der Waals surface area contributed by atoms with Crippen LogP contribution in [0.5, 0.6) is 0 Å². The summed E-state index contributed by atoms with van der Waals surface area (Å²) >= 11 is 0. The van der Waals surface area contributed by atoms with Gasteiger partial charge in [0.05, 0.1) is 0 Å². The van der Waals surface area contributed by atoms with E-state index in [4.69, 9.17) is 0 Å². The van der Waals surface area contributed by atoms with Gasteiger partial charge in [0.2, 0.25) is 0 Å². The summed E-state index contributed by atoms with van der Waals surface area (Å²) in [6, 6.07) is 0. The third-order valence-electron chi connectivity index (χ3n) is 1.20. The zero-order valence-electron chi connectivity index (χ0n) is 5.04. The van der Waals surface area contributed by atoms with Gasteiger partial charge in [-0.25, -0.2) is 4.99 Å².